The standard InChI is InChI=1S/C15H17NO4S/c1-11-5-7-13(8-6-11)21(18,19)15(10-16-12(2)17)14-4-3-9-20-14/h3-9,15H,10H2,1-2H3,(H,16,17)/t15-/m0/s1. The third-order valence-corrected chi connectivity index (χ3v) is 5.20. The fourth-order valence-corrected chi connectivity index (χ4v) is 3.55. The number of sulfone groups is 1. The third kappa shape index (κ3) is 3.52. The zero-order chi connectivity index (χ0) is 15.5. The lowest BCUT2D eigenvalue weighted by Gasteiger charge is -2.16. The molecule has 1 heterocycles. The summed E-state index contributed by atoms with van der Waals surface area (Å²) in [6, 6.07) is 9.83. The highest BCUT2D eigenvalue weighted by Gasteiger charge is 2.31. The number of rotatable bonds is 5. The number of furan rings is 1. The molecule has 0 fully saturated rings. The second-order valence-electron chi connectivity index (χ2n) is 4.80. The number of benzene rings is 1. The first-order valence-corrected chi connectivity index (χ1v) is 8.04. The average molecular weight is 307 g/mol. The molecule has 0 saturated carbocycles. The summed E-state index contributed by atoms with van der Waals surface area (Å²) in [6.45, 7) is 3.20. The number of nitrogens with one attached hydrogen (secondary N) is 1. The van der Waals surface area contributed by atoms with E-state index in [0.717, 1.165) is 5.56 Å². The Labute approximate surface area is 123 Å². The number of carbonyl (C=O) groups is 1. The van der Waals surface area contributed by atoms with Gasteiger partial charge in [0.25, 0.3) is 0 Å². The normalized spacial score (nSPS) is 12.9. The van der Waals surface area contributed by atoms with E-state index in [9.17, 15) is 13.2 Å². The van der Waals surface area contributed by atoms with Crippen molar-refractivity contribution in [3.05, 3.63) is 54.0 Å². The first kappa shape index (κ1) is 15.3. The molecule has 21 heavy (non-hydrogen) atoms. The Kier molecular flexibility index (Phi) is 4.47. The highest BCUT2D eigenvalue weighted by atomic mass is 32.2. The topological polar surface area (TPSA) is 76.4 Å². The van der Waals surface area contributed by atoms with E-state index in [-0.39, 0.29) is 17.3 Å². The molecule has 0 unspecified atom stereocenters. The van der Waals surface area contributed by atoms with Crippen molar-refractivity contribution in [1.29, 1.82) is 0 Å². The SMILES string of the molecule is CC(=O)NC[C@@H](c1ccco1)S(=O)(=O)c1ccc(C)cc1. The van der Waals surface area contributed by atoms with E-state index in [2.05, 4.69) is 5.32 Å². The monoisotopic (exact) mass is 307 g/mol. The molecule has 2 rings (SSSR count). The molecule has 0 radical (unpaired) electrons. The van der Waals surface area contributed by atoms with Gasteiger partial charge in [-0.25, -0.2) is 8.42 Å². The van der Waals surface area contributed by atoms with Gasteiger partial charge in [0, 0.05) is 13.5 Å². The summed E-state index contributed by atoms with van der Waals surface area (Å²) >= 11 is 0. The van der Waals surface area contributed by atoms with Crippen molar-refractivity contribution in [2.75, 3.05) is 6.54 Å². The van der Waals surface area contributed by atoms with Crippen LogP contribution in [0.4, 0.5) is 0 Å². The maximum absolute atomic E-state index is 12.7. The van der Waals surface area contributed by atoms with Gasteiger partial charge in [0.2, 0.25) is 5.91 Å². The predicted molar refractivity (Wildman–Crippen MR) is 78.5 cm³/mol. The predicted octanol–water partition coefficient (Wildman–Crippen LogP) is 2.24. The summed E-state index contributed by atoms with van der Waals surface area (Å²) in [7, 11) is -3.64. The summed E-state index contributed by atoms with van der Waals surface area (Å²) in [5.74, 6) is 0.0231. The Hall–Kier alpha value is -2.08. The van der Waals surface area contributed by atoms with Crippen LogP contribution in [-0.4, -0.2) is 20.9 Å². The number of hydrogen-bond donors (Lipinski definition) is 1. The van der Waals surface area contributed by atoms with Crippen molar-refractivity contribution in [2.24, 2.45) is 0 Å². The molecule has 0 aliphatic heterocycles. The lowest BCUT2D eigenvalue weighted by molar-refractivity contribution is -0.118. The minimum absolute atomic E-state index is 0.0287. The molecule has 1 aromatic heterocycles. The minimum Gasteiger partial charge on any atom is -0.468 e. The van der Waals surface area contributed by atoms with Crippen LogP contribution in [0.15, 0.2) is 52.0 Å². The van der Waals surface area contributed by atoms with Gasteiger partial charge in [0.15, 0.2) is 9.84 Å². The molecule has 1 amide bonds. The highest BCUT2D eigenvalue weighted by molar-refractivity contribution is 7.91. The molecule has 6 heteroatoms. The van der Waals surface area contributed by atoms with Crippen LogP contribution in [0.1, 0.15) is 23.5 Å². The van der Waals surface area contributed by atoms with Crippen LogP contribution >= 0.6 is 0 Å². The van der Waals surface area contributed by atoms with Gasteiger partial charge in [-0.2, -0.15) is 0 Å². The van der Waals surface area contributed by atoms with E-state index in [1.807, 2.05) is 6.92 Å². The van der Waals surface area contributed by atoms with Crippen molar-refractivity contribution >= 4 is 15.7 Å². The molecule has 1 aromatic carbocycles. The maximum Gasteiger partial charge on any atom is 0.216 e. The molecule has 5 nitrogen and oxygen atoms in total. The van der Waals surface area contributed by atoms with Crippen molar-refractivity contribution in [3.8, 4) is 0 Å². The average Bonchev–Trinajstić information content (AvgIpc) is 2.92. The fourth-order valence-electron chi connectivity index (χ4n) is 1.97. The maximum atomic E-state index is 12.7. The van der Waals surface area contributed by atoms with Crippen molar-refractivity contribution in [1.82, 2.24) is 5.32 Å². The summed E-state index contributed by atoms with van der Waals surface area (Å²) < 4.78 is 30.7. The summed E-state index contributed by atoms with van der Waals surface area (Å²) in [4.78, 5) is 11.3. The van der Waals surface area contributed by atoms with Gasteiger partial charge in [-0.1, -0.05) is 17.7 Å². The zero-order valence-corrected chi connectivity index (χ0v) is 12.7. The van der Waals surface area contributed by atoms with Crippen molar-refractivity contribution in [3.63, 3.8) is 0 Å². The molecule has 0 bridgehead atoms. The lowest BCUT2D eigenvalue weighted by Crippen LogP contribution is -2.30. The van der Waals surface area contributed by atoms with Crippen LogP contribution in [0.25, 0.3) is 0 Å². The molecule has 0 saturated heterocycles. The molecular weight excluding hydrogens is 290 g/mol. The van der Waals surface area contributed by atoms with Crippen LogP contribution in [0.3, 0.4) is 0 Å². The fraction of sp³-hybridized carbons (Fsp3) is 0.267. The first-order chi connectivity index (χ1) is 9.91. The van der Waals surface area contributed by atoms with E-state index < -0.39 is 15.1 Å². The molecule has 112 valence electrons. The van der Waals surface area contributed by atoms with E-state index in [1.165, 1.54) is 13.2 Å². The number of aryl methyl sites for hydroxylation is 1. The van der Waals surface area contributed by atoms with E-state index in [1.54, 1.807) is 36.4 Å². The minimum atomic E-state index is -3.64. The van der Waals surface area contributed by atoms with Crippen LogP contribution in [0.2, 0.25) is 0 Å². The Morgan fingerprint density at radius 2 is 1.90 bits per heavy atom. The van der Waals surface area contributed by atoms with Crippen molar-refractivity contribution < 1.29 is 17.6 Å². The molecule has 0 aliphatic rings. The highest BCUT2D eigenvalue weighted by Crippen LogP contribution is 2.29. The smallest absolute Gasteiger partial charge is 0.216 e. The largest absolute Gasteiger partial charge is 0.468 e. The van der Waals surface area contributed by atoms with E-state index in [0.29, 0.717) is 5.76 Å². The molecule has 0 aliphatic carbocycles. The second kappa shape index (κ2) is 6.13. The van der Waals surface area contributed by atoms with Gasteiger partial charge in [0.1, 0.15) is 11.0 Å². The Morgan fingerprint density at radius 3 is 2.43 bits per heavy atom. The van der Waals surface area contributed by atoms with Gasteiger partial charge in [0.05, 0.1) is 11.2 Å². The van der Waals surface area contributed by atoms with Gasteiger partial charge < -0.3 is 9.73 Å². The van der Waals surface area contributed by atoms with Gasteiger partial charge in [-0.15, -0.1) is 0 Å². The molecule has 2 aromatic rings. The third-order valence-electron chi connectivity index (χ3n) is 3.12. The molecular formula is C15H17NO4S. The van der Waals surface area contributed by atoms with Crippen molar-refractivity contribution in [2.45, 2.75) is 24.0 Å². The summed E-state index contributed by atoms with van der Waals surface area (Å²) in [5.41, 5.74) is 0.977. The quantitative estimate of drug-likeness (QED) is 0.919. The number of amides is 1. The van der Waals surface area contributed by atoms with Crippen LogP contribution in [0.5, 0.6) is 0 Å². The summed E-state index contributed by atoms with van der Waals surface area (Å²) in [5, 5.41) is 1.60. The van der Waals surface area contributed by atoms with Gasteiger partial charge in [-0.05, 0) is 31.2 Å². The summed E-state index contributed by atoms with van der Waals surface area (Å²) in [6.07, 6.45) is 1.42. The number of carbonyl (C=O) groups excluding carboxylic acids is 1. The van der Waals surface area contributed by atoms with Gasteiger partial charge >= 0.3 is 0 Å². The second-order valence-corrected chi connectivity index (χ2v) is 6.93. The Balaban J connectivity index is 2.39. The first-order valence-electron chi connectivity index (χ1n) is 6.49. The van der Waals surface area contributed by atoms with Crippen LogP contribution in [-0.2, 0) is 14.6 Å². The molecule has 0 spiro atoms. The van der Waals surface area contributed by atoms with Crippen LogP contribution < -0.4 is 5.32 Å². The Morgan fingerprint density at radius 1 is 1.24 bits per heavy atom. The molecule has 1 atom stereocenters. The van der Waals surface area contributed by atoms with E-state index in [4.69, 9.17) is 4.42 Å². The van der Waals surface area contributed by atoms with Crippen LogP contribution in [0, 0.1) is 6.92 Å². The van der Waals surface area contributed by atoms with Gasteiger partial charge in [-0.3, -0.25) is 4.79 Å². The van der Waals surface area contributed by atoms with E-state index >= 15 is 0 Å². The molecule has 1 N–H and O–H groups in total. The Bertz CT molecular complexity index is 703. The number of hydrogen-bond acceptors (Lipinski definition) is 4. The zero-order valence-electron chi connectivity index (χ0n) is 11.9. The lowest BCUT2D eigenvalue weighted by atomic mass is 10.2.